The number of carbonyl (C=O) groups excluding carboxylic acids is 1. The summed E-state index contributed by atoms with van der Waals surface area (Å²) >= 11 is 1.19. The molecule has 2 aromatic carbocycles. The van der Waals surface area contributed by atoms with Crippen LogP contribution in [0.5, 0.6) is 5.75 Å². The van der Waals surface area contributed by atoms with Crippen LogP contribution in [-0.4, -0.2) is 33.0 Å². The molecule has 156 valence electrons. The van der Waals surface area contributed by atoms with Gasteiger partial charge in [0.2, 0.25) is 5.91 Å². The lowest BCUT2D eigenvalue weighted by molar-refractivity contribution is -0.115. The number of anilines is 1. The van der Waals surface area contributed by atoms with Crippen molar-refractivity contribution in [1.82, 2.24) is 14.8 Å². The second-order valence-electron chi connectivity index (χ2n) is 6.28. The van der Waals surface area contributed by atoms with Crippen LogP contribution in [0.15, 0.2) is 60.3 Å². The molecule has 0 aliphatic carbocycles. The van der Waals surface area contributed by atoms with E-state index in [1.807, 2.05) is 28.8 Å². The maximum absolute atomic E-state index is 13.4. The van der Waals surface area contributed by atoms with E-state index in [1.54, 1.807) is 20.1 Å². The van der Waals surface area contributed by atoms with Crippen molar-refractivity contribution in [2.75, 3.05) is 12.4 Å². The minimum absolute atomic E-state index is 0.175. The lowest BCUT2D eigenvalue weighted by Crippen LogP contribution is -2.23. The van der Waals surface area contributed by atoms with Gasteiger partial charge >= 0.3 is 0 Å². The molecule has 1 aromatic heterocycles. The first-order valence-corrected chi connectivity index (χ1v) is 9.92. The van der Waals surface area contributed by atoms with Crippen LogP contribution in [0.25, 0.3) is 11.4 Å². The molecule has 6 nitrogen and oxygen atoms in total. The zero-order valence-electron chi connectivity index (χ0n) is 16.4. The molecule has 3 rings (SSSR count). The molecule has 30 heavy (non-hydrogen) atoms. The first-order valence-electron chi connectivity index (χ1n) is 9.04. The Labute approximate surface area is 177 Å². The fraction of sp³-hybridized carbons (Fsp3) is 0.190. The molecule has 0 bridgehead atoms. The molecule has 0 aliphatic rings. The highest BCUT2D eigenvalue weighted by Gasteiger charge is 2.22. The minimum Gasteiger partial charge on any atom is -0.496 e. The Hall–Kier alpha value is -3.20. The van der Waals surface area contributed by atoms with Gasteiger partial charge in [0, 0.05) is 18.3 Å². The highest BCUT2D eigenvalue weighted by molar-refractivity contribution is 8.00. The third-order valence-corrected chi connectivity index (χ3v) is 5.30. The van der Waals surface area contributed by atoms with E-state index in [4.69, 9.17) is 4.74 Å². The molecule has 0 aliphatic heterocycles. The molecule has 1 unspecified atom stereocenters. The summed E-state index contributed by atoms with van der Waals surface area (Å²) in [5.41, 5.74) is 0.939. The van der Waals surface area contributed by atoms with Crippen LogP contribution >= 0.6 is 11.8 Å². The zero-order valence-corrected chi connectivity index (χ0v) is 17.2. The number of ether oxygens (including phenoxy) is 1. The number of allylic oxidation sites excluding steroid dienone is 1. The van der Waals surface area contributed by atoms with E-state index < -0.39 is 16.9 Å². The third kappa shape index (κ3) is 4.68. The quantitative estimate of drug-likeness (QED) is 0.420. The van der Waals surface area contributed by atoms with Crippen molar-refractivity contribution >= 4 is 23.4 Å². The minimum atomic E-state index is -1.03. The molecule has 0 saturated heterocycles. The largest absolute Gasteiger partial charge is 0.496 e. The normalized spacial score (nSPS) is 11.7. The van der Waals surface area contributed by atoms with Crippen LogP contribution < -0.4 is 10.1 Å². The zero-order chi connectivity index (χ0) is 21.7. The number of hydrogen-bond donors (Lipinski definition) is 1. The van der Waals surface area contributed by atoms with E-state index in [0.29, 0.717) is 23.3 Å². The highest BCUT2D eigenvalue weighted by Crippen LogP contribution is 2.32. The molecule has 3 aromatic rings. The Morgan fingerprint density at radius 3 is 2.73 bits per heavy atom. The first kappa shape index (κ1) is 21.5. The predicted molar refractivity (Wildman–Crippen MR) is 113 cm³/mol. The van der Waals surface area contributed by atoms with Crippen molar-refractivity contribution in [3.05, 3.63) is 66.8 Å². The van der Waals surface area contributed by atoms with E-state index in [2.05, 4.69) is 22.1 Å². The smallest absolute Gasteiger partial charge is 0.237 e. The van der Waals surface area contributed by atoms with Gasteiger partial charge in [-0.2, -0.15) is 0 Å². The Bertz CT molecular complexity index is 1070. The SMILES string of the molecule is C=CCn1c(SC(C)C(=O)Nc2ccc(F)c(F)c2)nnc1-c1ccccc1OC. The van der Waals surface area contributed by atoms with Gasteiger partial charge in [-0.25, -0.2) is 8.78 Å². The van der Waals surface area contributed by atoms with Crippen LogP contribution in [0.2, 0.25) is 0 Å². The molecular formula is C21H20F2N4O2S. The molecule has 1 atom stereocenters. The summed E-state index contributed by atoms with van der Waals surface area (Å²) in [4.78, 5) is 12.5. The van der Waals surface area contributed by atoms with Gasteiger partial charge in [0.05, 0.1) is 17.9 Å². The number of carbonyl (C=O) groups is 1. The van der Waals surface area contributed by atoms with Crippen LogP contribution in [-0.2, 0) is 11.3 Å². The summed E-state index contributed by atoms with van der Waals surface area (Å²) in [6.07, 6.45) is 1.71. The Kier molecular flexibility index (Phi) is 6.83. The van der Waals surface area contributed by atoms with Crippen molar-refractivity contribution in [3.63, 3.8) is 0 Å². The molecule has 9 heteroatoms. The van der Waals surface area contributed by atoms with Gasteiger partial charge in [0.15, 0.2) is 22.6 Å². The lowest BCUT2D eigenvalue weighted by atomic mass is 10.2. The van der Waals surface area contributed by atoms with Crippen molar-refractivity contribution in [3.8, 4) is 17.1 Å². The number of amides is 1. The molecule has 1 N–H and O–H groups in total. The number of para-hydroxylation sites is 1. The van der Waals surface area contributed by atoms with Gasteiger partial charge in [0.25, 0.3) is 0 Å². The van der Waals surface area contributed by atoms with Gasteiger partial charge in [-0.15, -0.1) is 16.8 Å². The molecule has 0 fully saturated rings. The summed E-state index contributed by atoms with van der Waals surface area (Å²) in [7, 11) is 1.58. The van der Waals surface area contributed by atoms with Gasteiger partial charge in [-0.1, -0.05) is 30.0 Å². The molecule has 0 saturated carbocycles. The Morgan fingerprint density at radius 2 is 2.03 bits per heavy atom. The molecule has 0 spiro atoms. The molecule has 1 amide bonds. The summed E-state index contributed by atoms with van der Waals surface area (Å²) < 4.78 is 33.7. The van der Waals surface area contributed by atoms with Crippen molar-refractivity contribution in [2.45, 2.75) is 23.9 Å². The predicted octanol–water partition coefficient (Wildman–Crippen LogP) is 4.54. The maximum atomic E-state index is 13.4. The van der Waals surface area contributed by atoms with E-state index >= 15 is 0 Å². The maximum Gasteiger partial charge on any atom is 0.237 e. The van der Waals surface area contributed by atoms with Gasteiger partial charge < -0.3 is 10.1 Å². The number of methoxy groups -OCH3 is 1. The number of halogens is 2. The Morgan fingerprint density at radius 1 is 1.27 bits per heavy atom. The number of aromatic nitrogens is 3. The number of nitrogens with zero attached hydrogens (tertiary/aromatic N) is 3. The average Bonchev–Trinajstić information content (AvgIpc) is 3.13. The van der Waals surface area contributed by atoms with Gasteiger partial charge in [0.1, 0.15) is 5.75 Å². The van der Waals surface area contributed by atoms with Crippen molar-refractivity contribution in [2.24, 2.45) is 0 Å². The topological polar surface area (TPSA) is 69.0 Å². The first-order chi connectivity index (χ1) is 14.4. The number of hydrogen-bond acceptors (Lipinski definition) is 5. The van der Waals surface area contributed by atoms with Crippen LogP contribution in [0, 0.1) is 11.6 Å². The molecule has 1 heterocycles. The lowest BCUT2D eigenvalue weighted by Gasteiger charge is -2.14. The average molecular weight is 430 g/mol. The summed E-state index contributed by atoms with van der Waals surface area (Å²) in [6, 6.07) is 10.6. The molecular weight excluding hydrogens is 410 g/mol. The van der Waals surface area contributed by atoms with Crippen molar-refractivity contribution in [1.29, 1.82) is 0 Å². The highest BCUT2D eigenvalue weighted by atomic mass is 32.2. The number of rotatable bonds is 8. The van der Waals surface area contributed by atoms with Gasteiger partial charge in [-0.3, -0.25) is 9.36 Å². The standard InChI is InChI=1S/C21H20F2N4O2S/c1-4-11-27-19(15-7-5-6-8-18(15)29-3)25-26-21(27)30-13(2)20(28)24-14-9-10-16(22)17(23)12-14/h4-10,12-13H,1,11H2,2-3H3,(H,24,28). The molecule has 0 radical (unpaired) electrons. The number of thioether (sulfide) groups is 1. The number of nitrogens with one attached hydrogen (secondary N) is 1. The number of benzene rings is 2. The fourth-order valence-corrected chi connectivity index (χ4v) is 3.59. The monoisotopic (exact) mass is 430 g/mol. The van der Waals surface area contributed by atoms with E-state index in [0.717, 1.165) is 17.7 Å². The summed E-state index contributed by atoms with van der Waals surface area (Å²) in [5.74, 6) is -1.14. The summed E-state index contributed by atoms with van der Waals surface area (Å²) in [5, 5.41) is 11.0. The van der Waals surface area contributed by atoms with Crippen LogP contribution in [0.1, 0.15) is 6.92 Å². The van der Waals surface area contributed by atoms with Crippen LogP contribution in [0.3, 0.4) is 0 Å². The third-order valence-electron chi connectivity index (χ3n) is 4.21. The van der Waals surface area contributed by atoms with Crippen LogP contribution in [0.4, 0.5) is 14.5 Å². The van der Waals surface area contributed by atoms with Gasteiger partial charge in [-0.05, 0) is 31.2 Å². The Balaban J connectivity index is 1.81. The van der Waals surface area contributed by atoms with E-state index in [1.165, 1.54) is 17.8 Å². The van der Waals surface area contributed by atoms with Crippen molar-refractivity contribution < 1.29 is 18.3 Å². The fourth-order valence-electron chi connectivity index (χ4n) is 2.73. The second kappa shape index (κ2) is 9.53. The van der Waals surface area contributed by atoms with E-state index in [9.17, 15) is 13.6 Å². The van der Waals surface area contributed by atoms with E-state index in [-0.39, 0.29) is 11.6 Å². The second-order valence-corrected chi connectivity index (χ2v) is 7.59. The summed E-state index contributed by atoms with van der Waals surface area (Å²) in [6.45, 7) is 5.90.